The molecule has 0 amide bonds. The highest BCUT2D eigenvalue weighted by Crippen LogP contribution is 2.20. The lowest BCUT2D eigenvalue weighted by atomic mass is 9.99. The van der Waals surface area contributed by atoms with Crippen LogP contribution >= 0.6 is 0 Å². The third-order valence-electron chi connectivity index (χ3n) is 3.95. The smallest absolute Gasteiger partial charge is 0.123 e. The average molecular weight is 262 g/mol. The Hall–Kier alpha value is -1.06. The van der Waals surface area contributed by atoms with Crippen LogP contribution in [0.3, 0.4) is 0 Å². The fourth-order valence-electron chi connectivity index (χ4n) is 2.82. The van der Waals surface area contributed by atoms with Crippen LogP contribution in [-0.2, 0) is 6.54 Å². The highest BCUT2D eigenvalue weighted by molar-refractivity contribution is 5.33. The number of nitrogens with one attached hydrogen (secondary N) is 1. The van der Waals surface area contributed by atoms with Crippen molar-refractivity contribution in [2.24, 2.45) is 5.92 Å². The molecular formula is C16H26N2O. The third kappa shape index (κ3) is 4.22. The molecule has 1 N–H and O–H groups in total. The van der Waals surface area contributed by atoms with Gasteiger partial charge in [0.15, 0.2) is 0 Å². The quantitative estimate of drug-likeness (QED) is 0.852. The first-order chi connectivity index (χ1) is 9.33. The Balaban J connectivity index is 1.94. The van der Waals surface area contributed by atoms with E-state index in [1.54, 1.807) is 7.11 Å². The molecule has 1 atom stereocenters. The van der Waals surface area contributed by atoms with Crippen molar-refractivity contribution in [1.82, 2.24) is 10.2 Å². The molecule has 0 saturated carbocycles. The van der Waals surface area contributed by atoms with E-state index in [1.807, 2.05) is 12.1 Å². The maximum Gasteiger partial charge on any atom is 0.123 e. The predicted octanol–water partition coefficient (Wildman–Crippen LogP) is 2.52. The van der Waals surface area contributed by atoms with Gasteiger partial charge in [-0.2, -0.15) is 0 Å². The lowest BCUT2D eigenvalue weighted by molar-refractivity contribution is 0.207. The lowest BCUT2D eigenvalue weighted by Crippen LogP contribution is -2.38. The number of methoxy groups -OCH3 is 1. The SMILES string of the molecule is CCN(Cc1ccccc1OC)CC1CCCNC1. The number of nitrogens with zero attached hydrogens (tertiary/aromatic N) is 1. The molecule has 1 heterocycles. The predicted molar refractivity (Wildman–Crippen MR) is 79.5 cm³/mol. The molecular weight excluding hydrogens is 236 g/mol. The minimum Gasteiger partial charge on any atom is -0.496 e. The van der Waals surface area contributed by atoms with Crippen LogP contribution in [0.4, 0.5) is 0 Å². The van der Waals surface area contributed by atoms with E-state index in [9.17, 15) is 0 Å². The number of benzene rings is 1. The van der Waals surface area contributed by atoms with Crippen LogP contribution < -0.4 is 10.1 Å². The zero-order valence-electron chi connectivity index (χ0n) is 12.2. The molecule has 0 aliphatic carbocycles. The van der Waals surface area contributed by atoms with E-state index in [2.05, 4.69) is 29.3 Å². The Morgan fingerprint density at radius 2 is 2.21 bits per heavy atom. The molecule has 0 radical (unpaired) electrons. The van der Waals surface area contributed by atoms with Gasteiger partial charge in [0.25, 0.3) is 0 Å². The molecule has 1 aliphatic rings. The summed E-state index contributed by atoms with van der Waals surface area (Å²) in [5, 5.41) is 3.50. The second kappa shape index (κ2) is 7.51. The first-order valence-electron chi connectivity index (χ1n) is 7.38. The van der Waals surface area contributed by atoms with E-state index in [1.165, 1.54) is 38.0 Å². The Labute approximate surface area is 116 Å². The van der Waals surface area contributed by atoms with Gasteiger partial charge in [-0.15, -0.1) is 0 Å². The third-order valence-corrected chi connectivity index (χ3v) is 3.95. The van der Waals surface area contributed by atoms with E-state index in [0.29, 0.717) is 0 Å². The van der Waals surface area contributed by atoms with Crippen molar-refractivity contribution in [3.63, 3.8) is 0 Å². The molecule has 2 rings (SSSR count). The highest BCUT2D eigenvalue weighted by atomic mass is 16.5. The Morgan fingerprint density at radius 3 is 2.89 bits per heavy atom. The Morgan fingerprint density at radius 1 is 1.37 bits per heavy atom. The van der Waals surface area contributed by atoms with Gasteiger partial charge in [0, 0.05) is 18.7 Å². The fraction of sp³-hybridized carbons (Fsp3) is 0.625. The minimum absolute atomic E-state index is 0.795. The molecule has 0 bridgehead atoms. The van der Waals surface area contributed by atoms with Gasteiger partial charge in [0.05, 0.1) is 7.11 Å². The standard InChI is InChI=1S/C16H26N2O/c1-3-18(12-14-7-6-10-17-11-14)13-15-8-4-5-9-16(15)19-2/h4-5,8-9,14,17H,3,6-7,10-13H2,1-2H3. The summed E-state index contributed by atoms with van der Waals surface area (Å²) in [5.41, 5.74) is 1.29. The summed E-state index contributed by atoms with van der Waals surface area (Å²) in [6, 6.07) is 8.34. The van der Waals surface area contributed by atoms with E-state index in [4.69, 9.17) is 4.74 Å². The average Bonchev–Trinajstić information content (AvgIpc) is 2.48. The summed E-state index contributed by atoms with van der Waals surface area (Å²) in [6.07, 6.45) is 2.67. The molecule has 0 aromatic heterocycles. The van der Waals surface area contributed by atoms with Crippen molar-refractivity contribution >= 4 is 0 Å². The van der Waals surface area contributed by atoms with Crippen molar-refractivity contribution < 1.29 is 4.74 Å². The van der Waals surface area contributed by atoms with Crippen LogP contribution in [0.2, 0.25) is 0 Å². The molecule has 3 heteroatoms. The summed E-state index contributed by atoms with van der Waals surface area (Å²) < 4.78 is 5.44. The molecule has 19 heavy (non-hydrogen) atoms. The maximum atomic E-state index is 5.44. The van der Waals surface area contributed by atoms with Crippen LogP contribution in [0.25, 0.3) is 0 Å². The van der Waals surface area contributed by atoms with Gasteiger partial charge in [0.1, 0.15) is 5.75 Å². The number of ether oxygens (including phenoxy) is 1. The first kappa shape index (κ1) is 14.4. The molecule has 0 spiro atoms. The number of para-hydroxylation sites is 1. The molecule has 106 valence electrons. The summed E-state index contributed by atoms with van der Waals surface area (Å²) in [6.45, 7) is 7.86. The van der Waals surface area contributed by atoms with Crippen LogP contribution in [0.1, 0.15) is 25.3 Å². The molecule has 3 nitrogen and oxygen atoms in total. The zero-order chi connectivity index (χ0) is 13.5. The topological polar surface area (TPSA) is 24.5 Å². The summed E-state index contributed by atoms with van der Waals surface area (Å²) in [5.74, 6) is 1.80. The monoisotopic (exact) mass is 262 g/mol. The van der Waals surface area contributed by atoms with Crippen molar-refractivity contribution in [3.8, 4) is 5.75 Å². The zero-order valence-corrected chi connectivity index (χ0v) is 12.2. The fourth-order valence-corrected chi connectivity index (χ4v) is 2.82. The van der Waals surface area contributed by atoms with Gasteiger partial charge in [-0.05, 0) is 44.5 Å². The van der Waals surface area contributed by atoms with Crippen molar-refractivity contribution in [1.29, 1.82) is 0 Å². The van der Waals surface area contributed by atoms with Crippen LogP contribution in [0, 0.1) is 5.92 Å². The van der Waals surface area contributed by atoms with E-state index >= 15 is 0 Å². The summed E-state index contributed by atoms with van der Waals surface area (Å²) >= 11 is 0. The van der Waals surface area contributed by atoms with Gasteiger partial charge < -0.3 is 10.1 Å². The first-order valence-corrected chi connectivity index (χ1v) is 7.38. The normalized spacial score (nSPS) is 19.6. The Bertz CT molecular complexity index is 375. The van der Waals surface area contributed by atoms with Crippen LogP contribution in [-0.4, -0.2) is 38.2 Å². The molecule has 1 unspecified atom stereocenters. The minimum atomic E-state index is 0.795. The molecule has 1 aromatic carbocycles. The molecule has 1 aliphatic heterocycles. The Kier molecular flexibility index (Phi) is 5.67. The van der Waals surface area contributed by atoms with Crippen LogP contribution in [0.15, 0.2) is 24.3 Å². The second-order valence-electron chi connectivity index (χ2n) is 5.35. The van der Waals surface area contributed by atoms with Gasteiger partial charge in [0.2, 0.25) is 0 Å². The van der Waals surface area contributed by atoms with Gasteiger partial charge in [-0.25, -0.2) is 0 Å². The second-order valence-corrected chi connectivity index (χ2v) is 5.35. The summed E-state index contributed by atoms with van der Waals surface area (Å²) in [4.78, 5) is 2.52. The highest BCUT2D eigenvalue weighted by Gasteiger charge is 2.17. The van der Waals surface area contributed by atoms with Gasteiger partial charge in [-0.1, -0.05) is 25.1 Å². The van der Waals surface area contributed by atoms with Gasteiger partial charge >= 0.3 is 0 Å². The number of hydrogen-bond acceptors (Lipinski definition) is 3. The van der Waals surface area contributed by atoms with Crippen LogP contribution in [0.5, 0.6) is 5.75 Å². The maximum absolute atomic E-state index is 5.44. The molecule has 1 saturated heterocycles. The molecule has 1 aromatic rings. The van der Waals surface area contributed by atoms with Crippen molar-refractivity contribution in [2.75, 3.05) is 33.3 Å². The van der Waals surface area contributed by atoms with E-state index in [0.717, 1.165) is 24.8 Å². The van der Waals surface area contributed by atoms with E-state index < -0.39 is 0 Å². The van der Waals surface area contributed by atoms with Crippen molar-refractivity contribution in [2.45, 2.75) is 26.3 Å². The number of piperidine rings is 1. The number of hydrogen-bond donors (Lipinski definition) is 1. The summed E-state index contributed by atoms with van der Waals surface area (Å²) in [7, 11) is 1.75. The number of rotatable bonds is 6. The van der Waals surface area contributed by atoms with Crippen molar-refractivity contribution in [3.05, 3.63) is 29.8 Å². The lowest BCUT2D eigenvalue weighted by Gasteiger charge is -2.29. The van der Waals surface area contributed by atoms with Gasteiger partial charge in [-0.3, -0.25) is 4.90 Å². The van der Waals surface area contributed by atoms with E-state index in [-0.39, 0.29) is 0 Å². The largest absolute Gasteiger partial charge is 0.496 e. The molecule has 1 fully saturated rings.